The number of ether oxygens (including phenoxy) is 2. The molecule has 194 valence electrons. The summed E-state index contributed by atoms with van der Waals surface area (Å²) in [6, 6.07) is 13.5. The summed E-state index contributed by atoms with van der Waals surface area (Å²) in [7, 11) is 1.77. The number of benzene rings is 3. The number of alkyl halides is 4. The van der Waals surface area contributed by atoms with Crippen molar-refractivity contribution in [3.05, 3.63) is 72.2 Å². The number of halogens is 5. The Balaban J connectivity index is 1.75. The first-order valence-corrected chi connectivity index (χ1v) is 10.9. The second-order valence-electron chi connectivity index (χ2n) is 7.91. The molecule has 0 radical (unpaired) electrons. The quantitative estimate of drug-likeness (QED) is 0.198. The van der Waals surface area contributed by atoms with Crippen molar-refractivity contribution in [1.29, 1.82) is 0 Å². The van der Waals surface area contributed by atoms with Gasteiger partial charge in [0.2, 0.25) is 6.41 Å². The van der Waals surface area contributed by atoms with E-state index in [1.807, 2.05) is 12.3 Å². The van der Waals surface area contributed by atoms with E-state index < -0.39 is 31.2 Å². The van der Waals surface area contributed by atoms with Gasteiger partial charge < -0.3 is 19.7 Å². The second-order valence-corrected chi connectivity index (χ2v) is 7.91. The minimum Gasteiger partial charge on any atom is -0.484 e. The molecule has 37 heavy (non-hydrogen) atoms. The summed E-state index contributed by atoms with van der Waals surface area (Å²) in [4.78, 5) is 13.0. The van der Waals surface area contributed by atoms with Crippen molar-refractivity contribution >= 4 is 34.4 Å². The van der Waals surface area contributed by atoms with Crippen LogP contribution in [0.2, 0.25) is 0 Å². The molecular formula is C25H21F5N4O3. The third kappa shape index (κ3) is 6.26. The molecule has 0 aliphatic rings. The summed E-state index contributed by atoms with van der Waals surface area (Å²) in [5.41, 5.74) is 2.37. The van der Waals surface area contributed by atoms with Crippen LogP contribution in [0.4, 0.5) is 39.0 Å². The van der Waals surface area contributed by atoms with E-state index in [1.54, 1.807) is 40.9 Å². The number of carbonyl (C=O) groups is 1. The Bertz CT molecular complexity index is 1380. The number of amides is 1. The summed E-state index contributed by atoms with van der Waals surface area (Å²) in [6.07, 6.45) is -0.627. The summed E-state index contributed by atoms with van der Waals surface area (Å²) in [5, 5.41) is 7.60. The zero-order valence-corrected chi connectivity index (χ0v) is 19.4. The van der Waals surface area contributed by atoms with Crippen molar-refractivity contribution in [2.75, 3.05) is 16.8 Å². The Morgan fingerprint density at radius 2 is 1.78 bits per heavy atom. The number of rotatable bonds is 11. The van der Waals surface area contributed by atoms with E-state index in [-0.39, 0.29) is 18.0 Å². The van der Waals surface area contributed by atoms with Crippen molar-refractivity contribution in [1.82, 2.24) is 9.78 Å². The van der Waals surface area contributed by atoms with E-state index in [0.717, 1.165) is 23.0 Å². The molecule has 0 aliphatic heterocycles. The third-order valence-electron chi connectivity index (χ3n) is 5.35. The van der Waals surface area contributed by atoms with Crippen molar-refractivity contribution in [3.63, 3.8) is 0 Å². The minimum absolute atomic E-state index is 0.00302. The van der Waals surface area contributed by atoms with Crippen LogP contribution >= 0.6 is 0 Å². The molecule has 0 spiro atoms. The molecule has 4 aromatic rings. The minimum atomic E-state index is -2.99. The molecule has 4 rings (SSSR count). The normalized spacial score (nSPS) is 11.2. The summed E-state index contributed by atoms with van der Waals surface area (Å²) in [6.45, 7) is -4.00. The van der Waals surface area contributed by atoms with Gasteiger partial charge in [-0.15, -0.1) is 0 Å². The highest BCUT2D eigenvalue weighted by atomic mass is 19.3. The average molecular weight is 520 g/mol. The van der Waals surface area contributed by atoms with Gasteiger partial charge in [-0.25, -0.2) is 13.2 Å². The number of aromatic nitrogens is 2. The maximum atomic E-state index is 14.8. The van der Waals surface area contributed by atoms with Gasteiger partial charge in [-0.3, -0.25) is 9.48 Å². The molecule has 1 N–H and O–H groups in total. The molecule has 1 heterocycles. The standard InChI is InChI=1S/C25H21F5N4O3/c1-33-11-15-8-18(4-7-21(15)32-33)34(17-2-5-19(6-3-17)37-25(29)30)12-16-9-20(26)23(36-13-24(27)28)10-22(16)31-14-35/h2-11,14,24-25H,12-13H2,1H3,(H,31,35). The van der Waals surface area contributed by atoms with Crippen LogP contribution in [0.25, 0.3) is 10.9 Å². The third-order valence-corrected chi connectivity index (χ3v) is 5.35. The van der Waals surface area contributed by atoms with E-state index in [9.17, 15) is 26.7 Å². The molecule has 0 fully saturated rings. The maximum absolute atomic E-state index is 14.8. The van der Waals surface area contributed by atoms with Gasteiger partial charge in [-0.1, -0.05) is 0 Å². The molecular weight excluding hydrogens is 499 g/mol. The molecule has 0 saturated carbocycles. The first-order chi connectivity index (χ1) is 17.7. The predicted molar refractivity (Wildman–Crippen MR) is 127 cm³/mol. The van der Waals surface area contributed by atoms with Crippen molar-refractivity contribution < 1.29 is 36.2 Å². The molecule has 12 heteroatoms. The zero-order valence-electron chi connectivity index (χ0n) is 19.4. The van der Waals surface area contributed by atoms with Gasteiger partial charge in [0.15, 0.2) is 11.6 Å². The number of anilines is 3. The van der Waals surface area contributed by atoms with Crippen LogP contribution in [0, 0.1) is 5.82 Å². The van der Waals surface area contributed by atoms with E-state index >= 15 is 0 Å². The topological polar surface area (TPSA) is 68.6 Å². The summed E-state index contributed by atoms with van der Waals surface area (Å²) in [5.74, 6) is -1.38. The Morgan fingerprint density at radius 3 is 2.46 bits per heavy atom. The van der Waals surface area contributed by atoms with Crippen molar-refractivity contribution in [2.24, 2.45) is 7.05 Å². The van der Waals surface area contributed by atoms with Gasteiger partial charge in [-0.2, -0.15) is 13.9 Å². The Kier molecular flexibility index (Phi) is 7.75. The van der Waals surface area contributed by atoms with Crippen LogP contribution in [0.5, 0.6) is 11.5 Å². The smallest absolute Gasteiger partial charge is 0.387 e. The fraction of sp³-hybridized carbons (Fsp3) is 0.200. The number of hydrogen-bond donors (Lipinski definition) is 1. The molecule has 0 saturated heterocycles. The monoisotopic (exact) mass is 520 g/mol. The fourth-order valence-corrected chi connectivity index (χ4v) is 3.80. The van der Waals surface area contributed by atoms with Gasteiger partial charge in [0.1, 0.15) is 12.4 Å². The zero-order chi connectivity index (χ0) is 26.5. The lowest BCUT2D eigenvalue weighted by molar-refractivity contribution is -0.105. The molecule has 0 unspecified atom stereocenters. The van der Waals surface area contributed by atoms with Crippen LogP contribution < -0.4 is 19.7 Å². The van der Waals surface area contributed by atoms with E-state index in [1.165, 1.54) is 12.1 Å². The van der Waals surface area contributed by atoms with Gasteiger partial charge in [0.25, 0.3) is 6.43 Å². The van der Waals surface area contributed by atoms with Crippen LogP contribution in [0.1, 0.15) is 5.56 Å². The van der Waals surface area contributed by atoms with Crippen molar-refractivity contribution in [3.8, 4) is 11.5 Å². The largest absolute Gasteiger partial charge is 0.484 e. The summed E-state index contributed by atoms with van der Waals surface area (Å²) < 4.78 is 76.0. The second kappa shape index (κ2) is 11.1. The van der Waals surface area contributed by atoms with E-state index in [4.69, 9.17) is 4.74 Å². The highest BCUT2D eigenvalue weighted by molar-refractivity contribution is 5.84. The first kappa shape index (κ1) is 25.7. The lowest BCUT2D eigenvalue weighted by Gasteiger charge is -2.27. The molecule has 3 aromatic carbocycles. The Hall–Kier alpha value is -4.35. The first-order valence-electron chi connectivity index (χ1n) is 10.9. The van der Waals surface area contributed by atoms with E-state index in [2.05, 4.69) is 15.2 Å². The maximum Gasteiger partial charge on any atom is 0.387 e. The number of carbonyl (C=O) groups excluding carboxylic acids is 1. The van der Waals surface area contributed by atoms with Gasteiger partial charge in [0, 0.05) is 41.8 Å². The van der Waals surface area contributed by atoms with Crippen LogP contribution in [0.15, 0.2) is 60.8 Å². The fourth-order valence-electron chi connectivity index (χ4n) is 3.80. The lowest BCUT2D eigenvalue weighted by atomic mass is 10.1. The van der Waals surface area contributed by atoms with Gasteiger partial charge >= 0.3 is 6.61 Å². The molecule has 1 aromatic heterocycles. The average Bonchev–Trinajstić information content (AvgIpc) is 3.22. The van der Waals surface area contributed by atoms with Gasteiger partial charge in [0.05, 0.1) is 12.1 Å². The molecule has 0 bridgehead atoms. The number of fused-ring (bicyclic) bond motifs is 1. The molecule has 0 atom stereocenters. The van der Waals surface area contributed by atoms with Crippen LogP contribution in [0.3, 0.4) is 0 Å². The summed E-state index contributed by atoms with van der Waals surface area (Å²) >= 11 is 0. The molecule has 0 aliphatic carbocycles. The van der Waals surface area contributed by atoms with E-state index in [0.29, 0.717) is 23.3 Å². The highest BCUT2D eigenvalue weighted by Crippen LogP contribution is 2.35. The van der Waals surface area contributed by atoms with Gasteiger partial charge in [-0.05, 0) is 54.1 Å². The Morgan fingerprint density at radius 1 is 1.05 bits per heavy atom. The number of hydrogen-bond acceptors (Lipinski definition) is 5. The predicted octanol–water partition coefficient (Wildman–Crippen LogP) is 5.86. The number of nitrogens with one attached hydrogen (secondary N) is 1. The van der Waals surface area contributed by atoms with Crippen molar-refractivity contribution in [2.45, 2.75) is 19.6 Å². The van der Waals surface area contributed by atoms with Crippen LogP contribution in [-0.2, 0) is 18.4 Å². The molecule has 1 amide bonds. The number of aryl methyl sites for hydroxylation is 1. The number of nitrogens with zero attached hydrogens (tertiary/aromatic N) is 3. The Labute approximate surface area is 208 Å². The lowest BCUT2D eigenvalue weighted by Crippen LogP contribution is -2.18. The molecule has 7 nitrogen and oxygen atoms in total. The highest BCUT2D eigenvalue weighted by Gasteiger charge is 2.18. The SMILES string of the molecule is Cn1cc2cc(N(Cc3cc(F)c(OCC(F)F)cc3NC=O)c3ccc(OC(F)F)cc3)ccc2n1. The van der Waals surface area contributed by atoms with Crippen LogP contribution in [-0.4, -0.2) is 35.8 Å².